The predicted molar refractivity (Wildman–Crippen MR) is 100 cm³/mol. The molecule has 2 aromatic rings. The second-order valence-electron chi connectivity index (χ2n) is 6.38. The monoisotopic (exact) mass is 394 g/mol. The number of piperidine rings is 1. The van der Waals surface area contributed by atoms with E-state index >= 15 is 0 Å². The lowest BCUT2D eigenvalue weighted by atomic mass is 10.1. The summed E-state index contributed by atoms with van der Waals surface area (Å²) in [5.41, 5.74) is 1.89. The van der Waals surface area contributed by atoms with Gasteiger partial charge in [-0.3, -0.25) is 4.79 Å². The maximum atomic E-state index is 12.5. The van der Waals surface area contributed by atoms with E-state index in [-0.39, 0.29) is 5.56 Å². The summed E-state index contributed by atoms with van der Waals surface area (Å²) in [5, 5.41) is 2.71. The number of nitrogens with zero attached hydrogens (tertiary/aromatic N) is 1. The first-order chi connectivity index (χ1) is 12.9. The summed E-state index contributed by atoms with van der Waals surface area (Å²) in [7, 11) is -4.66. The summed E-state index contributed by atoms with van der Waals surface area (Å²) in [6, 6.07) is 11.9. The predicted octanol–water partition coefficient (Wildman–Crippen LogP) is 3.93. The Morgan fingerprint density at radius 3 is 2.07 bits per heavy atom. The maximum Gasteiger partial charge on any atom is 0.341 e. The molecular weight excluding hydrogens is 374 g/mol. The topological polar surface area (TPSA) is 66.5 Å². The van der Waals surface area contributed by atoms with Gasteiger partial charge < -0.3 is 10.2 Å². The van der Waals surface area contributed by atoms with Crippen LogP contribution in [0.4, 0.5) is 20.2 Å². The van der Waals surface area contributed by atoms with Gasteiger partial charge in [0.2, 0.25) is 9.84 Å². The summed E-state index contributed by atoms with van der Waals surface area (Å²) >= 11 is 0. The second-order valence-corrected chi connectivity index (χ2v) is 8.30. The van der Waals surface area contributed by atoms with E-state index in [1.54, 1.807) is 12.1 Å². The number of amides is 1. The number of nitrogens with one attached hydrogen (secondary N) is 1. The van der Waals surface area contributed by atoms with Gasteiger partial charge in [0, 0.05) is 30.0 Å². The summed E-state index contributed by atoms with van der Waals surface area (Å²) in [5.74, 6) is -3.93. The summed E-state index contributed by atoms with van der Waals surface area (Å²) < 4.78 is 47.9. The Kier molecular flexibility index (Phi) is 5.74. The molecule has 1 fully saturated rings. The highest BCUT2D eigenvalue weighted by atomic mass is 32.2. The molecule has 0 unspecified atom stereocenters. The number of benzene rings is 2. The zero-order valence-corrected chi connectivity index (χ0v) is 15.4. The molecule has 1 heterocycles. The van der Waals surface area contributed by atoms with Crippen molar-refractivity contribution in [3.63, 3.8) is 0 Å². The molecule has 0 bridgehead atoms. The number of carbonyl (C=O) groups is 1. The van der Waals surface area contributed by atoms with Crippen molar-refractivity contribution >= 4 is 27.1 Å². The second kappa shape index (κ2) is 8.04. The van der Waals surface area contributed by atoms with Crippen molar-refractivity contribution in [2.24, 2.45) is 0 Å². The lowest BCUT2D eigenvalue weighted by Crippen LogP contribution is -2.29. The molecule has 5 nitrogen and oxygen atoms in total. The van der Waals surface area contributed by atoms with Crippen molar-refractivity contribution < 1.29 is 22.0 Å². The van der Waals surface area contributed by atoms with Crippen molar-refractivity contribution in [2.75, 3.05) is 23.3 Å². The van der Waals surface area contributed by atoms with Gasteiger partial charge in [-0.2, -0.15) is 8.78 Å². The van der Waals surface area contributed by atoms with E-state index in [1.807, 2.05) is 12.1 Å². The van der Waals surface area contributed by atoms with E-state index in [2.05, 4.69) is 10.2 Å². The average molecular weight is 394 g/mol. The highest BCUT2D eigenvalue weighted by Crippen LogP contribution is 2.23. The summed E-state index contributed by atoms with van der Waals surface area (Å²) in [6.45, 7) is 2.05. The number of carbonyl (C=O) groups excluding carboxylic acids is 1. The van der Waals surface area contributed by atoms with Crippen LogP contribution in [0.2, 0.25) is 0 Å². The van der Waals surface area contributed by atoms with E-state index in [4.69, 9.17) is 0 Å². The molecule has 1 amide bonds. The van der Waals surface area contributed by atoms with Crippen molar-refractivity contribution in [2.45, 2.75) is 29.9 Å². The highest BCUT2D eigenvalue weighted by Gasteiger charge is 2.26. The van der Waals surface area contributed by atoms with E-state index in [0.29, 0.717) is 5.69 Å². The smallest absolute Gasteiger partial charge is 0.341 e. The van der Waals surface area contributed by atoms with Crippen LogP contribution in [0.1, 0.15) is 29.6 Å². The molecule has 3 rings (SSSR count). The molecule has 144 valence electrons. The van der Waals surface area contributed by atoms with Crippen LogP contribution in [0.3, 0.4) is 0 Å². The third-order valence-electron chi connectivity index (χ3n) is 4.53. The molecule has 2 aromatic carbocycles. The third-order valence-corrected chi connectivity index (χ3v) is 5.92. The zero-order chi connectivity index (χ0) is 19.4. The van der Waals surface area contributed by atoms with Gasteiger partial charge >= 0.3 is 5.76 Å². The Morgan fingerprint density at radius 2 is 1.52 bits per heavy atom. The number of hydrogen-bond acceptors (Lipinski definition) is 4. The minimum atomic E-state index is -4.66. The SMILES string of the molecule is O=C(Nc1ccc(N2CCCCC2)cc1)c1ccc(S(=O)(=O)C(F)F)cc1. The molecule has 0 atom stereocenters. The van der Waals surface area contributed by atoms with Crippen LogP contribution in [0.5, 0.6) is 0 Å². The Labute approximate surface area is 156 Å². The lowest BCUT2D eigenvalue weighted by molar-refractivity contribution is 0.102. The van der Waals surface area contributed by atoms with Crippen molar-refractivity contribution in [1.82, 2.24) is 0 Å². The Bertz CT molecular complexity index is 892. The number of hydrogen-bond donors (Lipinski definition) is 1. The molecule has 0 radical (unpaired) electrons. The number of halogens is 2. The van der Waals surface area contributed by atoms with Crippen LogP contribution in [0, 0.1) is 0 Å². The summed E-state index contributed by atoms with van der Waals surface area (Å²) in [6.07, 6.45) is 3.60. The molecule has 1 aliphatic heterocycles. The third kappa shape index (κ3) is 4.44. The van der Waals surface area contributed by atoms with Crippen LogP contribution in [-0.2, 0) is 9.84 Å². The van der Waals surface area contributed by atoms with Crippen molar-refractivity contribution in [1.29, 1.82) is 0 Å². The number of alkyl halides is 2. The molecule has 8 heteroatoms. The zero-order valence-electron chi connectivity index (χ0n) is 14.6. The van der Waals surface area contributed by atoms with Crippen LogP contribution in [-0.4, -0.2) is 33.2 Å². The standard InChI is InChI=1S/C19H20F2N2O3S/c20-19(21)27(25,26)17-10-4-14(5-11-17)18(24)22-15-6-8-16(9-7-15)23-12-2-1-3-13-23/h4-11,19H,1-3,12-13H2,(H,22,24). The number of rotatable bonds is 5. The molecule has 27 heavy (non-hydrogen) atoms. The molecule has 0 aliphatic carbocycles. The van der Waals surface area contributed by atoms with Gasteiger partial charge in [-0.05, 0) is 67.8 Å². The van der Waals surface area contributed by atoms with Crippen molar-refractivity contribution in [3.8, 4) is 0 Å². The molecule has 0 aromatic heterocycles. The first-order valence-corrected chi connectivity index (χ1v) is 10.2. The Hall–Kier alpha value is -2.48. The Balaban J connectivity index is 1.66. The molecule has 1 saturated heterocycles. The van der Waals surface area contributed by atoms with Gasteiger partial charge in [-0.25, -0.2) is 8.42 Å². The van der Waals surface area contributed by atoms with Gasteiger partial charge in [-0.15, -0.1) is 0 Å². The first-order valence-electron chi connectivity index (χ1n) is 8.66. The fourth-order valence-corrected chi connectivity index (χ4v) is 3.73. The molecule has 0 spiro atoms. The van der Waals surface area contributed by atoms with Crippen LogP contribution in [0.25, 0.3) is 0 Å². The fraction of sp³-hybridized carbons (Fsp3) is 0.316. The van der Waals surface area contributed by atoms with Crippen LogP contribution < -0.4 is 10.2 Å². The van der Waals surface area contributed by atoms with E-state index in [1.165, 1.54) is 31.4 Å². The van der Waals surface area contributed by atoms with Gasteiger partial charge in [0.05, 0.1) is 4.90 Å². The van der Waals surface area contributed by atoms with Gasteiger partial charge in [0.25, 0.3) is 5.91 Å². The van der Waals surface area contributed by atoms with E-state index < -0.39 is 26.4 Å². The Morgan fingerprint density at radius 1 is 0.926 bits per heavy atom. The minimum Gasteiger partial charge on any atom is -0.372 e. The number of sulfone groups is 1. The quantitative estimate of drug-likeness (QED) is 0.835. The van der Waals surface area contributed by atoms with E-state index in [9.17, 15) is 22.0 Å². The molecule has 1 aliphatic rings. The lowest BCUT2D eigenvalue weighted by Gasteiger charge is -2.28. The normalized spacial score (nSPS) is 15.0. The maximum absolute atomic E-state index is 12.5. The number of anilines is 2. The minimum absolute atomic E-state index is 0.184. The van der Waals surface area contributed by atoms with Crippen LogP contribution in [0.15, 0.2) is 53.4 Å². The van der Waals surface area contributed by atoms with Gasteiger partial charge in [-0.1, -0.05) is 0 Å². The highest BCUT2D eigenvalue weighted by molar-refractivity contribution is 7.91. The summed E-state index contributed by atoms with van der Waals surface area (Å²) in [4.78, 5) is 14.1. The fourth-order valence-electron chi connectivity index (χ4n) is 3.01. The van der Waals surface area contributed by atoms with E-state index in [0.717, 1.165) is 30.9 Å². The molecule has 0 saturated carbocycles. The van der Waals surface area contributed by atoms with Gasteiger partial charge in [0.1, 0.15) is 0 Å². The largest absolute Gasteiger partial charge is 0.372 e. The molecule has 1 N–H and O–H groups in total. The van der Waals surface area contributed by atoms with Crippen molar-refractivity contribution in [3.05, 3.63) is 54.1 Å². The van der Waals surface area contributed by atoms with Gasteiger partial charge in [0.15, 0.2) is 0 Å². The molecular formula is C19H20F2N2O3S. The first kappa shape index (κ1) is 19.3. The van der Waals surface area contributed by atoms with Crippen LogP contribution >= 0.6 is 0 Å². The average Bonchev–Trinajstić information content (AvgIpc) is 2.69.